The number of methoxy groups -OCH3 is 1. The summed E-state index contributed by atoms with van der Waals surface area (Å²) in [4.78, 5) is 32.6. The Balaban J connectivity index is 2.95. The number of hydrogen-bond acceptors (Lipinski definition) is 4. The van der Waals surface area contributed by atoms with Gasteiger partial charge in [0.25, 0.3) is 5.91 Å². The first-order valence-electron chi connectivity index (χ1n) is 3.01. The van der Waals surface area contributed by atoms with E-state index in [0.717, 1.165) is 6.08 Å². The van der Waals surface area contributed by atoms with Gasteiger partial charge < -0.3 is 10.5 Å². The van der Waals surface area contributed by atoms with E-state index < -0.39 is 17.8 Å². The first kappa shape index (κ1) is 8.25. The highest BCUT2D eigenvalue weighted by molar-refractivity contribution is 6.23. The molecule has 12 heavy (non-hydrogen) atoms. The Labute approximate surface area is 67.6 Å². The van der Waals surface area contributed by atoms with Crippen LogP contribution in [0.5, 0.6) is 0 Å². The number of hydrogen-bond donors (Lipinski definition) is 1. The molecule has 1 heterocycles. The monoisotopic (exact) mass is 170 g/mol. The van der Waals surface area contributed by atoms with Crippen molar-refractivity contribution in [3.63, 3.8) is 0 Å². The van der Waals surface area contributed by atoms with Crippen LogP contribution in [0.3, 0.4) is 0 Å². The van der Waals surface area contributed by atoms with E-state index in [2.05, 4.69) is 4.74 Å². The number of ether oxygens (including phenoxy) is 1. The normalized spacial score (nSPS) is 16.4. The summed E-state index contributed by atoms with van der Waals surface area (Å²) >= 11 is 0. The highest BCUT2D eigenvalue weighted by Crippen LogP contribution is 2.11. The number of nitrogens with two attached hydrogens (primary N) is 1. The fourth-order valence-corrected chi connectivity index (χ4v) is 0.804. The predicted molar refractivity (Wildman–Crippen MR) is 36.5 cm³/mol. The lowest BCUT2D eigenvalue weighted by Gasteiger charge is -2.07. The van der Waals surface area contributed by atoms with Gasteiger partial charge in [-0.05, 0) is 0 Å². The second-order valence-corrected chi connectivity index (χ2v) is 2.03. The average Bonchev–Trinajstić information content (AvgIpc) is 2.25. The van der Waals surface area contributed by atoms with E-state index in [-0.39, 0.29) is 5.76 Å². The minimum Gasteiger partial charge on any atom is -0.491 e. The van der Waals surface area contributed by atoms with Gasteiger partial charge in [0.1, 0.15) is 0 Å². The second-order valence-electron chi connectivity index (χ2n) is 2.03. The molecule has 0 aromatic rings. The van der Waals surface area contributed by atoms with Gasteiger partial charge in [-0.3, -0.25) is 9.59 Å². The van der Waals surface area contributed by atoms with E-state index in [0.29, 0.717) is 4.90 Å². The molecule has 0 aromatic carbocycles. The Morgan fingerprint density at radius 3 is 2.42 bits per heavy atom. The average molecular weight is 170 g/mol. The largest absolute Gasteiger partial charge is 0.491 e. The standard InChI is InChI=1S/C6H6N2O4/c1-12-3-2-4(9)8(5(3)10)6(7)11/h2H,1H3,(H2,7,11). The zero-order valence-electron chi connectivity index (χ0n) is 6.23. The molecule has 1 rings (SSSR count). The third kappa shape index (κ3) is 1.03. The van der Waals surface area contributed by atoms with E-state index in [1.807, 2.05) is 0 Å². The van der Waals surface area contributed by atoms with Crippen LogP contribution in [0.4, 0.5) is 4.79 Å². The Kier molecular flexibility index (Phi) is 1.82. The van der Waals surface area contributed by atoms with E-state index in [1.54, 1.807) is 0 Å². The molecule has 2 N–H and O–H groups in total. The van der Waals surface area contributed by atoms with Crippen LogP contribution in [0.15, 0.2) is 11.8 Å². The van der Waals surface area contributed by atoms with Crippen LogP contribution in [0.2, 0.25) is 0 Å². The summed E-state index contributed by atoms with van der Waals surface area (Å²) in [5.41, 5.74) is 4.75. The molecule has 0 unspecified atom stereocenters. The van der Waals surface area contributed by atoms with Crippen molar-refractivity contribution in [2.75, 3.05) is 7.11 Å². The maximum atomic E-state index is 11.0. The van der Waals surface area contributed by atoms with Crippen LogP contribution in [0.1, 0.15) is 0 Å². The van der Waals surface area contributed by atoms with E-state index in [1.165, 1.54) is 7.11 Å². The predicted octanol–water partition coefficient (Wildman–Crippen LogP) is -1.04. The molecular weight excluding hydrogens is 164 g/mol. The van der Waals surface area contributed by atoms with Crippen LogP contribution in [0, 0.1) is 0 Å². The summed E-state index contributed by atoms with van der Waals surface area (Å²) in [6, 6.07) is -1.10. The molecule has 0 fully saturated rings. The Morgan fingerprint density at radius 1 is 1.58 bits per heavy atom. The van der Waals surface area contributed by atoms with Crippen molar-refractivity contribution >= 4 is 17.8 Å². The molecule has 64 valence electrons. The fourth-order valence-electron chi connectivity index (χ4n) is 0.804. The lowest BCUT2D eigenvalue weighted by atomic mass is 10.5. The molecule has 0 radical (unpaired) electrons. The highest BCUT2D eigenvalue weighted by atomic mass is 16.5. The zero-order valence-corrected chi connectivity index (χ0v) is 6.23. The topological polar surface area (TPSA) is 89.7 Å². The van der Waals surface area contributed by atoms with Crippen molar-refractivity contribution in [2.24, 2.45) is 5.73 Å². The van der Waals surface area contributed by atoms with Crippen molar-refractivity contribution in [3.8, 4) is 0 Å². The fraction of sp³-hybridized carbons (Fsp3) is 0.167. The molecule has 0 aliphatic carbocycles. The summed E-state index contributed by atoms with van der Waals surface area (Å²) < 4.78 is 4.52. The van der Waals surface area contributed by atoms with Crippen molar-refractivity contribution < 1.29 is 19.1 Å². The lowest BCUT2D eigenvalue weighted by molar-refractivity contribution is -0.134. The van der Waals surface area contributed by atoms with Crippen LogP contribution in [-0.2, 0) is 14.3 Å². The molecule has 6 nitrogen and oxygen atoms in total. The van der Waals surface area contributed by atoms with Gasteiger partial charge in [-0.1, -0.05) is 0 Å². The summed E-state index contributed by atoms with van der Waals surface area (Å²) in [7, 11) is 1.22. The SMILES string of the molecule is COC1=CC(=O)N(C(N)=O)C1=O. The zero-order chi connectivity index (χ0) is 9.30. The third-order valence-corrected chi connectivity index (χ3v) is 1.33. The van der Waals surface area contributed by atoms with Crippen LogP contribution >= 0.6 is 0 Å². The maximum absolute atomic E-state index is 11.0. The van der Waals surface area contributed by atoms with Gasteiger partial charge in [0.15, 0.2) is 5.76 Å². The molecule has 0 saturated carbocycles. The molecule has 6 heteroatoms. The Hall–Kier alpha value is -1.85. The molecule has 0 aromatic heterocycles. The van der Waals surface area contributed by atoms with Gasteiger partial charge in [-0.2, -0.15) is 4.90 Å². The minimum absolute atomic E-state index is 0.182. The summed E-state index contributed by atoms with van der Waals surface area (Å²) in [5, 5.41) is 0. The molecular formula is C6H6N2O4. The second kappa shape index (κ2) is 2.65. The van der Waals surface area contributed by atoms with Crippen LogP contribution in [0.25, 0.3) is 0 Å². The van der Waals surface area contributed by atoms with Crippen molar-refractivity contribution in [3.05, 3.63) is 11.8 Å². The first-order chi connectivity index (χ1) is 5.57. The van der Waals surface area contributed by atoms with Gasteiger partial charge in [-0.15, -0.1) is 0 Å². The summed E-state index contributed by atoms with van der Waals surface area (Å²) in [6.45, 7) is 0. The number of urea groups is 1. The number of rotatable bonds is 1. The molecule has 0 spiro atoms. The van der Waals surface area contributed by atoms with Gasteiger partial charge in [0, 0.05) is 0 Å². The Bertz CT molecular complexity index is 294. The van der Waals surface area contributed by atoms with Gasteiger partial charge in [0.05, 0.1) is 13.2 Å². The molecule has 1 aliphatic heterocycles. The smallest absolute Gasteiger partial charge is 0.329 e. The molecule has 4 amide bonds. The highest BCUT2D eigenvalue weighted by Gasteiger charge is 2.35. The van der Waals surface area contributed by atoms with E-state index >= 15 is 0 Å². The maximum Gasteiger partial charge on any atom is 0.329 e. The number of primary amides is 1. The van der Waals surface area contributed by atoms with Gasteiger partial charge in [-0.25, -0.2) is 4.79 Å². The van der Waals surface area contributed by atoms with Gasteiger partial charge >= 0.3 is 11.9 Å². The summed E-state index contributed by atoms with van der Waals surface area (Å²) in [6.07, 6.45) is 0.910. The molecule has 0 bridgehead atoms. The van der Waals surface area contributed by atoms with E-state index in [4.69, 9.17) is 5.73 Å². The van der Waals surface area contributed by atoms with Crippen LogP contribution < -0.4 is 5.73 Å². The third-order valence-electron chi connectivity index (χ3n) is 1.33. The number of carbonyl (C=O) groups is 3. The van der Waals surface area contributed by atoms with Crippen molar-refractivity contribution in [2.45, 2.75) is 0 Å². The molecule has 0 atom stereocenters. The lowest BCUT2D eigenvalue weighted by Crippen LogP contribution is -2.41. The van der Waals surface area contributed by atoms with Crippen molar-refractivity contribution in [1.29, 1.82) is 0 Å². The first-order valence-corrected chi connectivity index (χ1v) is 3.01. The number of nitrogens with zero attached hydrogens (tertiary/aromatic N) is 1. The van der Waals surface area contributed by atoms with Gasteiger partial charge in [0.2, 0.25) is 0 Å². The van der Waals surface area contributed by atoms with Crippen molar-refractivity contribution in [1.82, 2.24) is 4.90 Å². The van der Waals surface area contributed by atoms with Crippen LogP contribution in [-0.4, -0.2) is 29.9 Å². The number of imide groups is 3. The molecule has 0 saturated heterocycles. The summed E-state index contributed by atoms with van der Waals surface area (Å²) in [5.74, 6) is -1.78. The Morgan fingerprint density at radius 2 is 2.17 bits per heavy atom. The molecule has 1 aliphatic rings. The van der Waals surface area contributed by atoms with E-state index in [9.17, 15) is 14.4 Å². The minimum atomic E-state index is -1.10. The number of amides is 4. The number of carbonyl (C=O) groups excluding carboxylic acids is 3. The quantitative estimate of drug-likeness (QED) is 0.509.